The van der Waals surface area contributed by atoms with Gasteiger partial charge in [-0.15, -0.1) is 0 Å². The van der Waals surface area contributed by atoms with E-state index in [1.807, 2.05) is 24.3 Å². The smallest absolute Gasteiger partial charge is 0.209 e. The zero-order valence-electron chi connectivity index (χ0n) is 13.8. The van der Waals surface area contributed by atoms with E-state index in [1.54, 1.807) is 6.20 Å². The average molecular weight is 334 g/mol. The molecule has 0 amide bonds. The van der Waals surface area contributed by atoms with Crippen LogP contribution in [-0.4, -0.2) is 47.5 Å². The highest BCUT2D eigenvalue weighted by molar-refractivity contribution is 6.30. The van der Waals surface area contributed by atoms with Gasteiger partial charge in [0.15, 0.2) is 5.76 Å². The molecule has 5 heteroatoms. The van der Waals surface area contributed by atoms with Gasteiger partial charge < -0.3 is 9.32 Å². The van der Waals surface area contributed by atoms with Gasteiger partial charge in [0, 0.05) is 43.3 Å². The molecule has 1 aliphatic heterocycles. The number of rotatable bonds is 5. The van der Waals surface area contributed by atoms with Gasteiger partial charge in [0.25, 0.3) is 0 Å². The van der Waals surface area contributed by atoms with Gasteiger partial charge in [-0.2, -0.15) is 0 Å². The Morgan fingerprint density at radius 3 is 2.61 bits per heavy atom. The first kappa shape index (κ1) is 16.5. The molecule has 1 saturated heterocycles. The average Bonchev–Trinajstić information content (AvgIpc) is 2.97. The maximum absolute atomic E-state index is 6.03. The van der Waals surface area contributed by atoms with E-state index in [0.717, 1.165) is 55.9 Å². The number of halogens is 1. The minimum atomic E-state index is 0.710. The zero-order chi connectivity index (χ0) is 16.2. The molecule has 0 saturated carbocycles. The first-order valence-electron chi connectivity index (χ1n) is 8.25. The molecule has 1 aliphatic rings. The Labute approximate surface area is 143 Å². The van der Waals surface area contributed by atoms with Crippen LogP contribution in [0.1, 0.15) is 19.7 Å². The molecule has 23 heavy (non-hydrogen) atoms. The summed E-state index contributed by atoms with van der Waals surface area (Å²) in [6.07, 6.45) is 1.79. The molecule has 0 radical (unpaired) electrons. The highest BCUT2D eigenvalue weighted by Crippen LogP contribution is 2.24. The molecule has 0 bridgehead atoms. The van der Waals surface area contributed by atoms with Crippen LogP contribution in [0.25, 0.3) is 11.3 Å². The topological polar surface area (TPSA) is 32.5 Å². The van der Waals surface area contributed by atoms with E-state index in [-0.39, 0.29) is 0 Å². The number of nitrogens with zero attached hydrogens (tertiary/aromatic N) is 3. The lowest BCUT2D eigenvalue weighted by atomic mass is 10.2. The van der Waals surface area contributed by atoms with Crippen molar-refractivity contribution in [2.45, 2.75) is 20.4 Å². The normalized spacial score (nSPS) is 17.0. The summed E-state index contributed by atoms with van der Waals surface area (Å²) >= 11 is 6.03. The minimum absolute atomic E-state index is 0.710. The third-order valence-electron chi connectivity index (χ3n) is 4.11. The SMILES string of the molecule is CC(C)CN1CCN(Cc2ncc(-c3cccc(Cl)c3)o2)CC1. The largest absolute Gasteiger partial charge is 0.439 e. The van der Waals surface area contributed by atoms with Crippen molar-refractivity contribution in [3.05, 3.63) is 41.4 Å². The van der Waals surface area contributed by atoms with Crippen molar-refractivity contribution in [3.8, 4) is 11.3 Å². The fourth-order valence-electron chi connectivity index (χ4n) is 3.00. The van der Waals surface area contributed by atoms with Crippen LogP contribution in [0.2, 0.25) is 5.02 Å². The third kappa shape index (κ3) is 4.56. The fourth-order valence-corrected chi connectivity index (χ4v) is 3.19. The van der Waals surface area contributed by atoms with Crippen molar-refractivity contribution in [2.24, 2.45) is 5.92 Å². The highest BCUT2D eigenvalue weighted by Gasteiger charge is 2.19. The van der Waals surface area contributed by atoms with Crippen molar-refractivity contribution in [3.63, 3.8) is 0 Å². The van der Waals surface area contributed by atoms with Crippen LogP contribution in [-0.2, 0) is 6.54 Å². The number of piperazine rings is 1. The van der Waals surface area contributed by atoms with Gasteiger partial charge in [0.05, 0.1) is 12.7 Å². The number of benzene rings is 1. The van der Waals surface area contributed by atoms with Crippen LogP contribution in [0.4, 0.5) is 0 Å². The molecule has 1 aromatic carbocycles. The molecule has 1 fully saturated rings. The van der Waals surface area contributed by atoms with Gasteiger partial charge in [0.2, 0.25) is 5.89 Å². The Kier molecular flexibility index (Phi) is 5.36. The maximum atomic E-state index is 6.03. The Morgan fingerprint density at radius 1 is 1.17 bits per heavy atom. The number of hydrogen-bond acceptors (Lipinski definition) is 4. The number of aromatic nitrogens is 1. The summed E-state index contributed by atoms with van der Waals surface area (Å²) in [5, 5.41) is 0.710. The fraction of sp³-hybridized carbons (Fsp3) is 0.500. The van der Waals surface area contributed by atoms with Gasteiger partial charge in [-0.25, -0.2) is 4.98 Å². The van der Waals surface area contributed by atoms with E-state index < -0.39 is 0 Å². The van der Waals surface area contributed by atoms with E-state index in [0.29, 0.717) is 5.02 Å². The molecule has 0 N–H and O–H groups in total. The van der Waals surface area contributed by atoms with E-state index in [2.05, 4.69) is 28.6 Å². The molecule has 0 spiro atoms. The zero-order valence-corrected chi connectivity index (χ0v) is 14.6. The lowest BCUT2D eigenvalue weighted by Crippen LogP contribution is -2.46. The van der Waals surface area contributed by atoms with Crippen molar-refractivity contribution in [2.75, 3.05) is 32.7 Å². The first-order chi connectivity index (χ1) is 11.1. The van der Waals surface area contributed by atoms with E-state index in [1.165, 1.54) is 6.54 Å². The van der Waals surface area contributed by atoms with E-state index in [4.69, 9.17) is 16.0 Å². The summed E-state index contributed by atoms with van der Waals surface area (Å²) in [6, 6.07) is 7.67. The highest BCUT2D eigenvalue weighted by atomic mass is 35.5. The molecular formula is C18H24ClN3O. The van der Waals surface area contributed by atoms with Crippen molar-refractivity contribution >= 4 is 11.6 Å². The second-order valence-corrected chi connectivity index (χ2v) is 7.04. The van der Waals surface area contributed by atoms with Crippen molar-refractivity contribution in [1.82, 2.24) is 14.8 Å². The van der Waals surface area contributed by atoms with Crippen LogP contribution >= 0.6 is 11.6 Å². The number of oxazole rings is 1. The molecule has 124 valence electrons. The van der Waals surface area contributed by atoms with Gasteiger partial charge in [-0.3, -0.25) is 4.90 Å². The Bertz CT molecular complexity index is 633. The lowest BCUT2D eigenvalue weighted by molar-refractivity contribution is 0.111. The van der Waals surface area contributed by atoms with Crippen molar-refractivity contribution < 1.29 is 4.42 Å². The summed E-state index contributed by atoms with van der Waals surface area (Å²) < 4.78 is 5.89. The van der Waals surface area contributed by atoms with Gasteiger partial charge >= 0.3 is 0 Å². The number of hydrogen-bond donors (Lipinski definition) is 0. The summed E-state index contributed by atoms with van der Waals surface area (Å²) in [5.41, 5.74) is 0.970. The molecular weight excluding hydrogens is 310 g/mol. The van der Waals surface area contributed by atoms with Crippen LogP contribution < -0.4 is 0 Å². The standard InChI is InChI=1S/C18H24ClN3O/c1-14(2)12-21-6-8-22(9-7-21)13-18-20-11-17(23-18)15-4-3-5-16(19)10-15/h3-5,10-11,14H,6-9,12-13H2,1-2H3. The second kappa shape index (κ2) is 7.47. The quantitative estimate of drug-likeness (QED) is 0.833. The van der Waals surface area contributed by atoms with Crippen LogP contribution in [0, 0.1) is 5.92 Å². The predicted octanol–water partition coefficient (Wildman–Crippen LogP) is 3.77. The summed E-state index contributed by atoms with van der Waals surface area (Å²) in [7, 11) is 0. The molecule has 2 heterocycles. The predicted molar refractivity (Wildman–Crippen MR) is 93.5 cm³/mol. The van der Waals surface area contributed by atoms with Crippen LogP contribution in [0.5, 0.6) is 0 Å². The van der Waals surface area contributed by atoms with E-state index in [9.17, 15) is 0 Å². The first-order valence-corrected chi connectivity index (χ1v) is 8.63. The monoisotopic (exact) mass is 333 g/mol. The minimum Gasteiger partial charge on any atom is -0.439 e. The molecule has 3 rings (SSSR count). The molecule has 1 aromatic heterocycles. The summed E-state index contributed by atoms with van der Waals surface area (Å²) in [6.45, 7) is 10.9. The maximum Gasteiger partial charge on any atom is 0.209 e. The van der Waals surface area contributed by atoms with Crippen LogP contribution in [0.15, 0.2) is 34.9 Å². The summed E-state index contributed by atoms with van der Waals surface area (Å²) in [5.74, 6) is 2.28. The van der Waals surface area contributed by atoms with Crippen LogP contribution in [0.3, 0.4) is 0 Å². The van der Waals surface area contributed by atoms with Crippen molar-refractivity contribution in [1.29, 1.82) is 0 Å². The second-order valence-electron chi connectivity index (χ2n) is 6.60. The van der Waals surface area contributed by atoms with Gasteiger partial charge in [-0.1, -0.05) is 37.6 Å². The molecule has 0 aliphatic carbocycles. The third-order valence-corrected chi connectivity index (χ3v) is 4.34. The Hall–Kier alpha value is -1.36. The summed E-state index contributed by atoms with van der Waals surface area (Å²) in [4.78, 5) is 9.36. The van der Waals surface area contributed by atoms with Gasteiger partial charge in [-0.05, 0) is 18.1 Å². The van der Waals surface area contributed by atoms with Gasteiger partial charge in [0.1, 0.15) is 0 Å². The molecule has 2 aromatic rings. The van der Waals surface area contributed by atoms with E-state index >= 15 is 0 Å². The molecule has 4 nitrogen and oxygen atoms in total. The Morgan fingerprint density at radius 2 is 1.91 bits per heavy atom. The molecule has 0 atom stereocenters. The lowest BCUT2D eigenvalue weighted by Gasteiger charge is -2.34. The Balaban J connectivity index is 1.56. The molecule has 0 unspecified atom stereocenters.